The van der Waals surface area contributed by atoms with Gasteiger partial charge in [-0.3, -0.25) is 14.4 Å². The Bertz CT molecular complexity index is 604. The van der Waals surface area contributed by atoms with Crippen molar-refractivity contribution in [1.82, 2.24) is 5.06 Å². The Morgan fingerprint density at radius 1 is 0.966 bits per heavy atom. The summed E-state index contributed by atoms with van der Waals surface area (Å²) in [4.78, 5) is 50.7. The molecule has 0 bridgehead atoms. The van der Waals surface area contributed by atoms with Crippen molar-refractivity contribution in [1.29, 1.82) is 0 Å². The minimum atomic E-state index is -0.556. The number of amides is 2. The second-order valence-electron chi connectivity index (χ2n) is 8.24. The van der Waals surface area contributed by atoms with Gasteiger partial charge in [-0.25, -0.2) is 4.79 Å². The average Bonchev–Trinajstić information content (AvgIpc) is 2.98. The first-order chi connectivity index (χ1) is 13.7. The normalized spacial score (nSPS) is 29.8. The fraction of sp³-hybridized carbons (Fsp3) is 0.810. The predicted molar refractivity (Wildman–Crippen MR) is 103 cm³/mol. The van der Waals surface area contributed by atoms with Crippen LogP contribution in [0.5, 0.6) is 0 Å². The summed E-state index contributed by atoms with van der Waals surface area (Å²) < 4.78 is 11.4. The lowest BCUT2D eigenvalue weighted by atomic mass is 9.75. The molecule has 29 heavy (non-hydrogen) atoms. The van der Waals surface area contributed by atoms with Crippen molar-refractivity contribution < 1.29 is 33.5 Å². The van der Waals surface area contributed by atoms with E-state index in [0.717, 1.165) is 19.3 Å². The van der Waals surface area contributed by atoms with Crippen LogP contribution in [0.15, 0.2) is 0 Å². The number of rotatable bonds is 9. The number of hydroxylamine groups is 2. The van der Waals surface area contributed by atoms with Crippen LogP contribution < -0.4 is 0 Å². The molecule has 2 aliphatic rings. The molecule has 2 heterocycles. The van der Waals surface area contributed by atoms with Crippen LogP contribution in [0.4, 0.5) is 0 Å². The summed E-state index contributed by atoms with van der Waals surface area (Å²) in [6.45, 7) is 8.21. The van der Waals surface area contributed by atoms with Crippen molar-refractivity contribution in [3.05, 3.63) is 0 Å². The summed E-state index contributed by atoms with van der Waals surface area (Å²) in [5, 5.41) is 0.589. The Hall–Kier alpha value is -1.96. The average molecular weight is 411 g/mol. The Morgan fingerprint density at radius 3 is 2.21 bits per heavy atom. The van der Waals surface area contributed by atoms with E-state index in [2.05, 4.69) is 20.8 Å². The van der Waals surface area contributed by atoms with Gasteiger partial charge in [0.1, 0.15) is 6.61 Å². The van der Waals surface area contributed by atoms with Crippen molar-refractivity contribution in [2.24, 2.45) is 17.8 Å². The zero-order valence-corrected chi connectivity index (χ0v) is 17.8. The molecule has 0 spiro atoms. The van der Waals surface area contributed by atoms with Crippen molar-refractivity contribution in [3.63, 3.8) is 0 Å². The standard InChI is InChI=1S/C21H33NO7/c1-13-14(2)17(28-18(15(13)3)12-27-16(4)23)8-6-5-7-9-21(26)29-22-19(24)10-11-20(22)25/h13-15,17-18H,5-12H2,1-4H3. The van der Waals surface area contributed by atoms with Gasteiger partial charge in [0, 0.05) is 26.2 Å². The lowest BCUT2D eigenvalue weighted by Gasteiger charge is -2.43. The minimum Gasteiger partial charge on any atom is -0.463 e. The summed E-state index contributed by atoms with van der Waals surface area (Å²) in [5.41, 5.74) is 0. The molecule has 2 saturated heterocycles. The van der Waals surface area contributed by atoms with Gasteiger partial charge < -0.3 is 14.3 Å². The largest absolute Gasteiger partial charge is 0.463 e. The van der Waals surface area contributed by atoms with Crippen LogP contribution in [0.3, 0.4) is 0 Å². The highest BCUT2D eigenvalue weighted by Gasteiger charge is 2.39. The van der Waals surface area contributed by atoms with E-state index in [1.807, 2.05) is 0 Å². The molecule has 0 aliphatic carbocycles. The fourth-order valence-electron chi connectivity index (χ4n) is 3.95. The van der Waals surface area contributed by atoms with Crippen LogP contribution in [-0.4, -0.2) is 47.6 Å². The number of imide groups is 1. The number of esters is 1. The van der Waals surface area contributed by atoms with Crippen LogP contribution in [0.1, 0.15) is 72.6 Å². The zero-order valence-electron chi connectivity index (χ0n) is 17.8. The number of carbonyl (C=O) groups excluding carboxylic acids is 4. The maximum absolute atomic E-state index is 11.8. The van der Waals surface area contributed by atoms with E-state index < -0.39 is 17.8 Å². The number of carbonyl (C=O) groups is 4. The van der Waals surface area contributed by atoms with Crippen LogP contribution in [0.2, 0.25) is 0 Å². The molecule has 0 radical (unpaired) electrons. The van der Waals surface area contributed by atoms with Gasteiger partial charge in [-0.05, 0) is 30.6 Å². The third-order valence-corrected chi connectivity index (χ3v) is 6.20. The minimum absolute atomic E-state index is 0.0913. The Morgan fingerprint density at radius 2 is 1.59 bits per heavy atom. The maximum Gasteiger partial charge on any atom is 0.333 e. The number of hydrogen-bond acceptors (Lipinski definition) is 7. The molecular weight excluding hydrogens is 378 g/mol. The number of unbranched alkanes of at least 4 members (excludes halogenated alkanes) is 2. The van der Waals surface area contributed by atoms with Crippen LogP contribution in [0.25, 0.3) is 0 Å². The van der Waals surface area contributed by atoms with Crippen molar-refractivity contribution in [2.45, 2.75) is 84.8 Å². The van der Waals surface area contributed by atoms with Crippen molar-refractivity contribution >= 4 is 23.8 Å². The zero-order chi connectivity index (χ0) is 21.6. The predicted octanol–water partition coefficient (Wildman–Crippen LogP) is 2.78. The molecule has 0 saturated carbocycles. The molecule has 2 amide bonds. The quantitative estimate of drug-likeness (QED) is 0.327. The van der Waals surface area contributed by atoms with E-state index in [4.69, 9.17) is 14.3 Å². The third-order valence-electron chi connectivity index (χ3n) is 6.20. The van der Waals surface area contributed by atoms with Crippen LogP contribution in [-0.2, 0) is 33.5 Å². The summed E-state index contributed by atoms with van der Waals surface area (Å²) in [6, 6.07) is 0. The molecule has 2 rings (SSSR count). The number of ether oxygens (including phenoxy) is 2. The van der Waals surface area contributed by atoms with Crippen molar-refractivity contribution in [3.8, 4) is 0 Å². The van der Waals surface area contributed by atoms with Crippen LogP contribution >= 0.6 is 0 Å². The topological polar surface area (TPSA) is 99.2 Å². The van der Waals surface area contributed by atoms with E-state index in [-0.39, 0.29) is 44.0 Å². The van der Waals surface area contributed by atoms with Gasteiger partial charge in [-0.2, -0.15) is 0 Å². The molecule has 5 atom stereocenters. The van der Waals surface area contributed by atoms with Crippen LogP contribution in [0, 0.1) is 17.8 Å². The Balaban J connectivity index is 1.69. The first-order valence-corrected chi connectivity index (χ1v) is 10.6. The van der Waals surface area contributed by atoms with Gasteiger partial charge in [0.25, 0.3) is 11.8 Å². The number of hydrogen-bond donors (Lipinski definition) is 0. The van der Waals surface area contributed by atoms with E-state index in [0.29, 0.717) is 29.2 Å². The maximum atomic E-state index is 11.8. The molecule has 5 unspecified atom stereocenters. The first kappa shape index (κ1) is 23.3. The van der Waals surface area contributed by atoms with Gasteiger partial charge in [0.05, 0.1) is 12.2 Å². The highest BCUT2D eigenvalue weighted by molar-refractivity contribution is 6.01. The van der Waals surface area contributed by atoms with Gasteiger partial charge in [-0.15, -0.1) is 5.06 Å². The molecule has 8 nitrogen and oxygen atoms in total. The summed E-state index contributed by atoms with van der Waals surface area (Å²) in [7, 11) is 0. The van der Waals surface area contributed by atoms with Gasteiger partial charge in [-0.1, -0.05) is 33.6 Å². The second-order valence-corrected chi connectivity index (χ2v) is 8.24. The Labute approximate surface area is 172 Å². The SMILES string of the molecule is CC(=O)OCC1OC(CCCCCC(=O)ON2C(=O)CCC2=O)C(C)C(C)C1C. The summed E-state index contributed by atoms with van der Waals surface area (Å²) in [5.74, 6) is -0.605. The smallest absolute Gasteiger partial charge is 0.333 e. The highest BCUT2D eigenvalue weighted by atomic mass is 16.7. The van der Waals surface area contributed by atoms with E-state index in [1.165, 1.54) is 6.92 Å². The monoisotopic (exact) mass is 411 g/mol. The molecule has 0 aromatic heterocycles. The molecule has 0 aromatic carbocycles. The van der Waals surface area contributed by atoms with E-state index in [1.54, 1.807) is 0 Å². The Kier molecular flexibility index (Phi) is 8.61. The first-order valence-electron chi connectivity index (χ1n) is 10.6. The second kappa shape index (κ2) is 10.7. The van der Waals surface area contributed by atoms with Gasteiger partial charge in [0.2, 0.25) is 0 Å². The molecule has 2 fully saturated rings. The molecular formula is C21H33NO7. The lowest BCUT2D eigenvalue weighted by Crippen LogP contribution is -2.46. The van der Waals surface area contributed by atoms with Crippen molar-refractivity contribution in [2.75, 3.05) is 6.61 Å². The summed E-state index contributed by atoms with van der Waals surface area (Å²) >= 11 is 0. The molecule has 0 aromatic rings. The molecule has 164 valence electrons. The third kappa shape index (κ3) is 6.52. The number of nitrogens with zero attached hydrogens (tertiary/aromatic N) is 1. The van der Waals surface area contributed by atoms with Gasteiger partial charge in [0.15, 0.2) is 0 Å². The lowest BCUT2D eigenvalue weighted by molar-refractivity contribution is -0.197. The molecule has 8 heteroatoms. The van der Waals surface area contributed by atoms with Gasteiger partial charge >= 0.3 is 11.9 Å². The highest BCUT2D eigenvalue weighted by Crippen LogP contribution is 2.37. The van der Waals surface area contributed by atoms with E-state index in [9.17, 15) is 19.2 Å². The fourth-order valence-corrected chi connectivity index (χ4v) is 3.95. The molecule has 2 aliphatic heterocycles. The summed E-state index contributed by atoms with van der Waals surface area (Å²) in [6.07, 6.45) is 3.57. The van der Waals surface area contributed by atoms with E-state index >= 15 is 0 Å². The molecule has 0 N–H and O–H groups in total.